The van der Waals surface area contributed by atoms with E-state index in [4.69, 9.17) is 4.74 Å². The Morgan fingerprint density at radius 2 is 1.75 bits per heavy atom. The molecule has 0 aromatic heterocycles. The summed E-state index contributed by atoms with van der Waals surface area (Å²) in [4.78, 5) is 11.4. The first-order chi connectivity index (χ1) is 9.28. The van der Waals surface area contributed by atoms with E-state index in [1.54, 1.807) is 0 Å². The highest BCUT2D eigenvalue weighted by atomic mass is 16.6. The zero-order valence-electron chi connectivity index (χ0n) is 13.7. The molecule has 5 nitrogen and oxygen atoms in total. The van der Waals surface area contributed by atoms with Crippen LogP contribution in [0.5, 0.6) is 0 Å². The van der Waals surface area contributed by atoms with Gasteiger partial charge in [-0.25, -0.2) is 4.79 Å². The van der Waals surface area contributed by atoms with Gasteiger partial charge >= 0.3 is 6.09 Å². The van der Waals surface area contributed by atoms with Crippen LogP contribution < -0.4 is 10.6 Å². The minimum Gasteiger partial charge on any atom is -0.444 e. The van der Waals surface area contributed by atoms with Crippen LogP contribution in [0.2, 0.25) is 0 Å². The Kier molecular flexibility index (Phi) is 8.81. The van der Waals surface area contributed by atoms with Crippen LogP contribution in [0.15, 0.2) is 0 Å². The summed E-state index contributed by atoms with van der Waals surface area (Å²) in [7, 11) is 0. The molecule has 0 aromatic carbocycles. The summed E-state index contributed by atoms with van der Waals surface area (Å²) in [5.41, 5.74) is -0.468. The fraction of sp³-hybridized carbons (Fsp3) is 0.933. The van der Waals surface area contributed by atoms with Crippen molar-refractivity contribution in [2.45, 2.75) is 59.5 Å². The molecule has 0 aliphatic heterocycles. The van der Waals surface area contributed by atoms with Gasteiger partial charge in [-0.1, -0.05) is 13.8 Å². The first-order valence-corrected chi connectivity index (χ1v) is 7.57. The van der Waals surface area contributed by atoms with E-state index in [2.05, 4.69) is 24.5 Å². The molecule has 0 spiro atoms. The summed E-state index contributed by atoms with van der Waals surface area (Å²) in [5.74, 6) is 0. The molecule has 0 rings (SSSR count). The Morgan fingerprint density at radius 3 is 2.20 bits per heavy atom. The lowest BCUT2D eigenvalue weighted by atomic mass is 9.83. The number of rotatable bonds is 9. The summed E-state index contributed by atoms with van der Waals surface area (Å²) < 4.78 is 5.15. The standard InChI is InChI=1S/C15H32N2O3/c1-6-15(7-2,12-18)11-16-9-8-10-17-13(19)20-14(3,4)5/h16,18H,6-12H2,1-5H3,(H,17,19). The van der Waals surface area contributed by atoms with E-state index in [1.165, 1.54) is 0 Å². The Balaban J connectivity index is 3.70. The molecule has 0 heterocycles. The van der Waals surface area contributed by atoms with E-state index < -0.39 is 5.60 Å². The zero-order chi connectivity index (χ0) is 15.6. The van der Waals surface area contributed by atoms with Gasteiger partial charge in [-0.2, -0.15) is 0 Å². The second-order valence-corrected chi connectivity index (χ2v) is 6.32. The quantitative estimate of drug-likeness (QED) is 0.569. The number of hydrogen-bond acceptors (Lipinski definition) is 4. The third kappa shape index (κ3) is 8.38. The monoisotopic (exact) mass is 288 g/mol. The first kappa shape index (κ1) is 19.2. The van der Waals surface area contributed by atoms with E-state index in [-0.39, 0.29) is 18.1 Å². The molecule has 0 aliphatic rings. The third-order valence-electron chi connectivity index (χ3n) is 3.53. The Morgan fingerprint density at radius 1 is 1.15 bits per heavy atom. The van der Waals surface area contributed by atoms with Gasteiger partial charge in [-0.05, 0) is 46.6 Å². The first-order valence-electron chi connectivity index (χ1n) is 7.57. The van der Waals surface area contributed by atoms with Crippen molar-refractivity contribution in [3.8, 4) is 0 Å². The lowest BCUT2D eigenvalue weighted by Crippen LogP contribution is -2.38. The number of aliphatic hydroxyl groups is 1. The third-order valence-corrected chi connectivity index (χ3v) is 3.53. The van der Waals surface area contributed by atoms with Gasteiger partial charge in [-0.15, -0.1) is 0 Å². The van der Waals surface area contributed by atoms with Gasteiger partial charge in [0.25, 0.3) is 0 Å². The molecule has 1 amide bonds. The minimum absolute atomic E-state index is 0.0153. The number of carbonyl (C=O) groups is 1. The maximum absolute atomic E-state index is 11.4. The number of hydrogen-bond donors (Lipinski definition) is 3. The fourth-order valence-corrected chi connectivity index (χ4v) is 1.85. The predicted octanol–water partition coefficient (Wildman–Crippen LogP) is 2.29. The highest BCUT2D eigenvalue weighted by Crippen LogP contribution is 2.24. The molecule has 120 valence electrons. The number of nitrogens with one attached hydrogen (secondary N) is 2. The lowest BCUT2D eigenvalue weighted by Gasteiger charge is -2.29. The van der Waals surface area contributed by atoms with Crippen molar-refractivity contribution >= 4 is 6.09 Å². The van der Waals surface area contributed by atoms with E-state index >= 15 is 0 Å². The van der Waals surface area contributed by atoms with E-state index in [0.717, 1.165) is 32.4 Å². The molecular formula is C15H32N2O3. The smallest absolute Gasteiger partial charge is 0.407 e. The summed E-state index contributed by atoms with van der Waals surface area (Å²) in [6.07, 6.45) is 2.39. The number of carbonyl (C=O) groups excluding carboxylic acids is 1. The Bertz CT molecular complexity index is 263. The highest BCUT2D eigenvalue weighted by Gasteiger charge is 2.24. The van der Waals surface area contributed by atoms with Crippen LogP contribution in [0, 0.1) is 5.41 Å². The van der Waals surface area contributed by atoms with Crippen molar-refractivity contribution in [3.63, 3.8) is 0 Å². The predicted molar refractivity (Wildman–Crippen MR) is 81.8 cm³/mol. The van der Waals surface area contributed by atoms with Gasteiger partial charge in [-0.3, -0.25) is 0 Å². The van der Waals surface area contributed by atoms with Gasteiger partial charge in [0.05, 0.1) is 0 Å². The summed E-state index contributed by atoms with van der Waals surface area (Å²) >= 11 is 0. The van der Waals surface area contributed by atoms with Crippen LogP contribution in [0.3, 0.4) is 0 Å². The van der Waals surface area contributed by atoms with E-state index in [9.17, 15) is 9.90 Å². The lowest BCUT2D eigenvalue weighted by molar-refractivity contribution is 0.0527. The zero-order valence-corrected chi connectivity index (χ0v) is 13.7. The molecule has 0 aromatic rings. The molecule has 3 N–H and O–H groups in total. The average molecular weight is 288 g/mol. The van der Waals surface area contributed by atoms with Crippen LogP contribution in [-0.4, -0.2) is 43.0 Å². The molecule has 0 unspecified atom stereocenters. The van der Waals surface area contributed by atoms with Crippen molar-refractivity contribution in [2.24, 2.45) is 5.41 Å². The van der Waals surface area contributed by atoms with Crippen LogP contribution >= 0.6 is 0 Å². The maximum Gasteiger partial charge on any atom is 0.407 e. The van der Waals surface area contributed by atoms with Crippen molar-refractivity contribution in [2.75, 3.05) is 26.2 Å². The molecule has 20 heavy (non-hydrogen) atoms. The summed E-state index contributed by atoms with van der Waals surface area (Å²) in [6, 6.07) is 0. The number of amides is 1. The van der Waals surface area contributed by atoms with Gasteiger partial charge in [0.2, 0.25) is 0 Å². The molecule has 0 radical (unpaired) electrons. The summed E-state index contributed by atoms with van der Waals surface area (Å²) in [5, 5.41) is 15.5. The number of alkyl carbamates (subject to hydrolysis) is 1. The molecule has 5 heteroatoms. The second kappa shape index (κ2) is 9.19. The van der Waals surface area contributed by atoms with Crippen molar-refractivity contribution in [1.29, 1.82) is 0 Å². The molecule has 0 fully saturated rings. The Hall–Kier alpha value is -0.810. The maximum atomic E-state index is 11.4. The van der Waals surface area contributed by atoms with Crippen molar-refractivity contribution in [3.05, 3.63) is 0 Å². The number of ether oxygens (including phenoxy) is 1. The largest absolute Gasteiger partial charge is 0.444 e. The average Bonchev–Trinajstić information content (AvgIpc) is 2.37. The highest BCUT2D eigenvalue weighted by molar-refractivity contribution is 5.67. The molecule has 0 bridgehead atoms. The molecular weight excluding hydrogens is 256 g/mol. The van der Waals surface area contributed by atoms with Gasteiger partial charge in [0, 0.05) is 25.1 Å². The topological polar surface area (TPSA) is 70.6 Å². The van der Waals surface area contributed by atoms with Crippen LogP contribution in [-0.2, 0) is 4.74 Å². The molecule has 0 saturated heterocycles. The van der Waals surface area contributed by atoms with Crippen LogP contribution in [0.1, 0.15) is 53.9 Å². The van der Waals surface area contributed by atoms with Gasteiger partial charge < -0.3 is 20.5 Å². The van der Waals surface area contributed by atoms with E-state index in [1.807, 2.05) is 20.8 Å². The van der Waals surface area contributed by atoms with E-state index in [0.29, 0.717) is 6.54 Å². The fourth-order valence-electron chi connectivity index (χ4n) is 1.85. The van der Waals surface area contributed by atoms with Crippen molar-refractivity contribution in [1.82, 2.24) is 10.6 Å². The van der Waals surface area contributed by atoms with Crippen LogP contribution in [0.25, 0.3) is 0 Å². The summed E-state index contributed by atoms with van der Waals surface area (Å²) in [6.45, 7) is 12.2. The Labute approximate surface area is 123 Å². The van der Waals surface area contributed by atoms with Gasteiger partial charge in [0.1, 0.15) is 5.60 Å². The normalized spacial score (nSPS) is 12.3. The van der Waals surface area contributed by atoms with Crippen molar-refractivity contribution < 1.29 is 14.6 Å². The molecule has 0 saturated carbocycles. The number of aliphatic hydroxyl groups excluding tert-OH is 1. The molecule has 0 atom stereocenters. The SMILES string of the molecule is CCC(CC)(CO)CNCCCNC(=O)OC(C)(C)C. The van der Waals surface area contributed by atoms with Gasteiger partial charge in [0.15, 0.2) is 0 Å². The molecule has 0 aliphatic carbocycles. The van der Waals surface area contributed by atoms with Crippen LogP contribution in [0.4, 0.5) is 4.79 Å². The minimum atomic E-state index is -0.453. The second-order valence-electron chi connectivity index (χ2n) is 6.32.